The number of hydrogen-bond donors (Lipinski definition) is 0. The van der Waals surface area contributed by atoms with Crippen molar-refractivity contribution < 1.29 is 4.79 Å². The maximum absolute atomic E-state index is 12.9. The highest BCUT2D eigenvalue weighted by atomic mass is 35.5. The highest BCUT2D eigenvalue weighted by Crippen LogP contribution is 2.28. The van der Waals surface area contributed by atoms with Crippen molar-refractivity contribution in [2.24, 2.45) is 0 Å². The third kappa shape index (κ3) is 2.89. The zero-order valence-corrected chi connectivity index (χ0v) is 15.7. The van der Waals surface area contributed by atoms with Gasteiger partial charge in [0.05, 0.1) is 12.7 Å². The summed E-state index contributed by atoms with van der Waals surface area (Å²) < 4.78 is 2.26. The number of amides is 1. The zero-order valence-electron chi connectivity index (χ0n) is 14.2. The molecule has 0 fully saturated rings. The number of aromatic nitrogens is 4. The zero-order chi connectivity index (χ0) is 18.4. The van der Waals surface area contributed by atoms with E-state index in [-0.39, 0.29) is 5.91 Å². The molecule has 134 valence electrons. The number of fused-ring (bicyclic) bond motifs is 3. The average Bonchev–Trinajstić information content (AvgIpc) is 3.32. The topological polar surface area (TPSA) is 63.9 Å². The van der Waals surface area contributed by atoms with Gasteiger partial charge in [-0.2, -0.15) is 0 Å². The lowest BCUT2D eigenvalue weighted by atomic mass is 10.2. The monoisotopic (exact) mass is 395 g/mol. The smallest absolute Gasteiger partial charge is 0.266 e. The Morgan fingerprint density at radius 3 is 2.81 bits per heavy atom. The van der Waals surface area contributed by atoms with Crippen LogP contribution in [-0.4, -0.2) is 36.9 Å². The number of halogens is 1. The number of benzene rings is 1. The fraction of sp³-hybridized carbons (Fsp3) is 0.158. The quantitative estimate of drug-likeness (QED) is 0.517. The van der Waals surface area contributed by atoms with Gasteiger partial charge < -0.3 is 9.47 Å². The number of carbonyl (C=O) groups excluding carboxylic acids is 1. The average molecular weight is 396 g/mol. The summed E-state index contributed by atoms with van der Waals surface area (Å²) >= 11 is 7.43. The Kier molecular flexibility index (Phi) is 3.91. The summed E-state index contributed by atoms with van der Waals surface area (Å²) in [6, 6.07) is 9.76. The first kappa shape index (κ1) is 16.4. The largest absolute Gasteiger partial charge is 0.341 e. The molecule has 5 rings (SSSR count). The van der Waals surface area contributed by atoms with Crippen LogP contribution in [0.1, 0.15) is 15.4 Å². The van der Waals surface area contributed by atoms with Gasteiger partial charge in [-0.15, -0.1) is 11.3 Å². The third-order valence-corrected chi connectivity index (χ3v) is 5.87. The molecular weight excluding hydrogens is 382 g/mol. The third-order valence-electron chi connectivity index (χ3n) is 4.66. The highest BCUT2D eigenvalue weighted by molar-refractivity contribution is 7.16. The van der Waals surface area contributed by atoms with Crippen LogP contribution in [0.15, 0.2) is 48.9 Å². The van der Waals surface area contributed by atoms with Gasteiger partial charge in [0, 0.05) is 47.1 Å². The molecule has 1 aliphatic rings. The van der Waals surface area contributed by atoms with Crippen molar-refractivity contribution in [3.05, 3.63) is 64.5 Å². The first-order valence-electron chi connectivity index (χ1n) is 8.49. The van der Waals surface area contributed by atoms with E-state index >= 15 is 0 Å². The van der Waals surface area contributed by atoms with Crippen molar-refractivity contribution in [1.82, 2.24) is 24.4 Å². The Bertz CT molecular complexity index is 1150. The predicted molar refractivity (Wildman–Crippen MR) is 105 cm³/mol. The van der Waals surface area contributed by atoms with E-state index in [4.69, 9.17) is 11.6 Å². The highest BCUT2D eigenvalue weighted by Gasteiger charge is 2.25. The van der Waals surface area contributed by atoms with E-state index in [0.717, 1.165) is 28.2 Å². The summed E-state index contributed by atoms with van der Waals surface area (Å²) in [7, 11) is 0. The lowest BCUT2D eigenvalue weighted by Gasteiger charge is -2.28. The van der Waals surface area contributed by atoms with Crippen LogP contribution in [-0.2, 0) is 13.1 Å². The molecule has 0 unspecified atom stereocenters. The van der Waals surface area contributed by atoms with E-state index in [2.05, 4.69) is 25.6 Å². The number of thiazole rings is 1. The molecule has 1 amide bonds. The molecule has 0 aliphatic carbocycles. The van der Waals surface area contributed by atoms with E-state index in [1.54, 1.807) is 24.7 Å². The van der Waals surface area contributed by atoms with E-state index in [1.807, 2.05) is 23.1 Å². The molecule has 3 aromatic heterocycles. The van der Waals surface area contributed by atoms with Crippen LogP contribution in [0.5, 0.6) is 0 Å². The van der Waals surface area contributed by atoms with Gasteiger partial charge in [-0.1, -0.05) is 11.6 Å². The molecule has 4 aromatic rings. The molecule has 0 saturated heterocycles. The van der Waals surface area contributed by atoms with E-state index in [0.29, 0.717) is 28.8 Å². The maximum atomic E-state index is 12.9. The standard InChI is InChI=1S/C19H14ClN5OS/c20-13-2-3-15-12(8-13)9-14-11-24(6-7-25(14)15)19(26)16-10-23-18(27-16)17-21-4-1-5-22-17/h1-5,8-10H,6-7,11H2. The van der Waals surface area contributed by atoms with Crippen molar-refractivity contribution in [2.75, 3.05) is 6.54 Å². The number of rotatable bonds is 2. The van der Waals surface area contributed by atoms with E-state index < -0.39 is 0 Å². The number of nitrogens with zero attached hydrogens (tertiary/aromatic N) is 5. The van der Waals surface area contributed by atoms with Gasteiger partial charge >= 0.3 is 0 Å². The lowest BCUT2D eigenvalue weighted by molar-refractivity contribution is 0.0717. The van der Waals surface area contributed by atoms with Gasteiger partial charge in [0.15, 0.2) is 10.8 Å². The van der Waals surface area contributed by atoms with Crippen LogP contribution >= 0.6 is 22.9 Å². The van der Waals surface area contributed by atoms with Gasteiger partial charge in [-0.3, -0.25) is 4.79 Å². The summed E-state index contributed by atoms with van der Waals surface area (Å²) in [5.41, 5.74) is 2.27. The minimum absolute atomic E-state index is 0.00998. The fourth-order valence-electron chi connectivity index (χ4n) is 3.40. The number of carbonyl (C=O) groups is 1. The molecule has 6 nitrogen and oxygen atoms in total. The predicted octanol–water partition coefficient (Wildman–Crippen LogP) is 3.86. The van der Waals surface area contributed by atoms with E-state index in [1.165, 1.54) is 11.3 Å². The molecule has 8 heteroatoms. The van der Waals surface area contributed by atoms with Crippen LogP contribution in [0.4, 0.5) is 0 Å². The van der Waals surface area contributed by atoms with Gasteiger partial charge in [-0.05, 0) is 30.3 Å². The Balaban J connectivity index is 1.41. The molecule has 4 heterocycles. The van der Waals surface area contributed by atoms with Crippen LogP contribution in [0.2, 0.25) is 5.02 Å². The molecule has 1 aliphatic heterocycles. The normalized spacial score (nSPS) is 13.7. The first-order valence-corrected chi connectivity index (χ1v) is 9.69. The Morgan fingerprint density at radius 2 is 1.96 bits per heavy atom. The minimum Gasteiger partial charge on any atom is -0.341 e. The molecular formula is C19H14ClN5OS. The maximum Gasteiger partial charge on any atom is 0.266 e. The molecule has 0 saturated carbocycles. The Morgan fingerprint density at radius 1 is 1.11 bits per heavy atom. The molecule has 0 bridgehead atoms. The van der Waals surface area contributed by atoms with Crippen molar-refractivity contribution in [3.8, 4) is 10.8 Å². The van der Waals surface area contributed by atoms with Gasteiger partial charge in [0.2, 0.25) is 0 Å². The summed E-state index contributed by atoms with van der Waals surface area (Å²) in [6.07, 6.45) is 4.95. The van der Waals surface area contributed by atoms with Crippen molar-refractivity contribution in [2.45, 2.75) is 13.1 Å². The second kappa shape index (κ2) is 6.44. The minimum atomic E-state index is -0.00998. The Hall–Kier alpha value is -2.77. The second-order valence-corrected chi connectivity index (χ2v) is 7.79. The molecule has 0 atom stereocenters. The molecule has 27 heavy (non-hydrogen) atoms. The first-order chi connectivity index (χ1) is 13.2. The molecule has 0 radical (unpaired) electrons. The molecule has 1 aromatic carbocycles. The van der Waals surface area contributed by atoms with Gasteiger partial charge in [0.25, 0.3) is 5.91 Å². The van der Waals surface area contributed by atoms with Gasteiger partial charge in [-0.25, -0.2) is 15.0 Å². The summed E-state index contributed by atoms with van der Waals surface area (Å²) in [6.45, 7) is 1.99. The van der Waals surface area contributed by atoms with Crippen LogP contribution < -0.4 is 0 Å². The lowest BCUT2D eigenvalue weighted by Crippen LogP contribution is -2.37. The summed E-state index contributed by atoms with van der Waals surface area (Å²) in [5, 5.41) is 2.48. The Labute approximate surface area is 164 Å². The SMILES string of the molecule is O=C(c1cnc(-c2ncccn2)s1)N1CCn2c(cc3cc(Cl)ccc32)C1. The van der Waals surface area contributed by atoms with Crippen molar-refractivity contribution >= 4 is 39.7 Å². The van der Waals surface area contributed by atoms with Gasteiger partial charge in [0.1, 0.15) is 4.88 Å². The van der Waals surface area contributed by atoms with Crippen LogP contribution in [0.25, 0.3) is 21.7 Å². The summed E-state index contributed by atoms with van der Waals surface area (Å²) in [5.74, 6) is 0.529. The fourth-order valence-corrected chi connectivity index (χ4v) is 4.42. The van der Waals surface area contributed by atoms with Crippen molar-refractivity contribution in [3.63, 3.8) is 0 Å². The second-order valence-electron chi connectivity index (χ2n) is 6.32. The molecule has 0 N–H and O–H groups in total. The molecule has 0 spiro atoms. The summed E-state index contributed by atoms with van der Waals surface area (Å²) in [4.78, 5) is 28.1. The van der Waals surface area contributed by atoms with Crippen molar-refractivity contribution in [1.29, 1.82) is 0 Å². The van der Waals surface area contributed by atoms with Crippen LogP contribution in [0.3, 0.4) is 0 Å². The number of hydrogen-bond acceptors (Lipinski definition) is 5. The van der Waals surface area contributed by atoms with Crippen LogP contribution in [0, 0.1) is 0 Å². The van der Waals surface area contributed by atoms with E-state index in [9.17, 15) is 4.79 Å².